The van der Waals surface area contributed by atoms with Gasteiger partial charge in [-0.15, -0.1) is 0 Å². The molecule has 33 heavy (non-hydrogen) atoms. The number of aliphatic carboxylic acids is 2. The van der Waals surface area contributed by atoms with E-state index in [1.54, 1.807) is 16.4 Å². The highest BCUT2D eigenvalue weighted by molar-refractivity contribution is 5.97. The summed E-state index contributed by atoms with van der Waals surface area (Å²) in [5.41, 5.74) is -1.27. The zero-order valence-electron chi connectivity index (χ0n) is 17.4. The fourth-order valence-corrected chi connectivity index (χ4v) is 4.23. The van der Waals surface area contributed by atoms with Crippen LogP contribution in [0.1, 0.15) is 23.3 Å². The molecule has 0 spiro atoms. The third-order valence-electron chi connectivity index (χ3n) is 5.79. The Hall–Kier alpha value is -4.09. The van der Waals surface area contributed by atoms with Crippen molar-refractivity contribution < 1.29 is 38.8 Å². The van der Waals surface area contributed by atoms with Crippen molar-refractivity contribution in [3.05, 3.63) is 45.6 Å². The number of carbonyl (C=O) groups is 3. The Morgan fingerprint density at radius 1 is 1.15 bits per heavy atom. The van der Waals surface area contributed by atoms with Crippen LogP contribution < -0.4 is 15.1 Å². The number of nitrogens with zero attached hydrogens (tertiary/aromatic N) is 3. The summed E-state index contributed by atoms with van der Waals surface area (Å²) in [6.45, 7) is 2.46. The van der Waals surface area contributed by atoms with E-state index in [0.29, 0.717) is 11.6 Å². The van der Waals surface area contributed by atoms with Crippen molar-refractivity contribution in [2.75, 3.05) is 37.7 Å². The first kappa shape index (κ1) is 22.1. The lowest BCUT2D eigenvalue weighted by molar-refractivity contribution is -0.136. The molecule has 11 nitrogen and oxygen atoms in total. The molecule has 1 atom stereocenters. The number of carboxylic acid groups (broad SMARTS) is 3. The van der Waals surface area contributed by atoms with Gasteiger partial charge in [-0.3, -0.25) is 4.79 Å². The number of aromatic carboxylic acids is 1. The van der Waals surface area contributed by atoms with Gasteiger partial charge in [0.25, 0.3) is 0 Å². The van der Waals surface area contributed by atoms with E-state index >= 15 is 4.39 Å². The molecule has 1 fully saturated rings. The highest BCUT2D eigenvalue weighted by Gasteiger charge is 2.32. The Balaban J connectivity index is 1.77. The van der Waals surface area contributed by atoms with Gasteiger partial charge in [0.05, 0.1) is 23.0 Å². The number of hydrogen-bond donors (Lipinski definition) is 3. The van der Waals surface area contributed by atoms with Crippen LogP contribution in [-0.4, -0.2) is 75.5 Å². The molecular formula is C21H20FN3O8. The molecule has 4 rings (SSSR count). The van der Waals surface area contributed by atoms with Crippen molar-refractivity contribution in [3.8, 4) is 5.75 Å². The van der Waals surface area contributed by atoms with Crippen LogP contribution in [0.5, 0.6) is 5.75 Å². The van der Waals surface area contributed by atoms with Gasteiger partial charge in [-0.05, 0) is 13.0 Å². The first-order valence-corrected chi connectivity index (χ1v) is 10.1. The van der Waals surface area contributed by atoms with Crippen LogP contribution in [0.4, 0.5) is 10.1 Å². The summed E-state index contributed by atoms with van der Waals surface area (Å²) in [4.78, 5) is 49.6. The molecule has 12 heteroatoms. The molecule has 0 saturated carbocycles. The molecule has 174 valence electrons. The van der Waals surface area contributed by atoms with Crippen LogP contribution in [0.2, 0.25) is 0 Å². The first-order chi connectivity index (χ1) is 15.6. The predicted octanol–water partition coefficient (Wildman–Crippen LogP) is 0.967. The summed E-state index contributed by atoms with van der Waals surface area (Å²) in [7, 11) is 0. The fraction of sp³-hybridized carbons (Fsp3) is 0.333. The average Bonchev–Trinajstić information content (AvgIpc) is 2.75. The van der Waals surface area contributed by atoms with Crippen LogP contribution in [0.15, 0.2) is 28.8 Å². The SMILES string of the molecule is CC1COc2c(N3CCN(/C(=C/C(=O)O)C(=O)O)CC3)c(F)cc3c(=O)c(C(=O)O)cn1c23. The second kappa shape index (κ2) is 8.11. The van der Waals surface area contributed by atoms with Crippen LogP contribution in [0.3, 0.4) is 0 Å². The Kier molecular flexibility index (Phi) is 5.44. The van der Waals surface area contributed by atoms with Gasteiger partial charge < -0.3 is 34.4 Å². The lowest BCUT2D eigenvalue weighted by Gasteiger charge is -2.39. The van der Waals surface area contributed by atoms with Crippen molar-refractivity contribution in [2.45, 2.75) is 13.0 Å². The second-order valence-corrected chi connectivity index (χ2v) is 7.82. The first-order valence-electron chi connectivity index (χ1n) is 10.1. The molecule has 1 aromatic carbocycles. The Bertz CT molecular complexity index is 1280. The molecule has 2 aliphatic rings. The molecule has 1 aromatic heterocycles. The smallest absolute Gasteiger partial charge is 0.352 e. The molecule has 1 unspecified atom stereocenters. The van der Waals surface area contributed by atoms with E-state index in [1.807, 2.05) is 0 Å². The lowest BCUT2D eigenvalue weighted by atomic mass is 10.1. The maximum atomic E-state index is 15.3. The second-order valence-electron chi connectivity index (χ2n) is 7.82. The zero-order chi connectivity index (χ0) is 24.0. The van der Waals surface area contributed by atoms with Gasteiger partial charge in [0.15, 0.2) is 11.6 Å². The number of hydrogen-bond acceptors (Lipinski definition) is 7. The van der Waals surface area contributed by atoms with E-state index in [1.165, 1.54) is 11.1 Å². The number of rotatable bonds is 5. The summed E-state index contributed by atoms with van der Waals surface area (Å²) in [5.74, 6) is -4.83. The number of pyridine rings is 1. The molecule has 0 aliphatic carbocycles. The van der Waals surface area contributed by atoms with Gasteiger partial charge in [0.2, 0.25) is 5.43 Å². The number of halogens is 1. The average molecular weight is 461 g/mol. The molecular weight excluding hydrogens is 441 g/mol. The zero-order valence-corrected chi connectivity index (χ0v) is 17.4. The van der Waals surface area contributed by atoms with E-state index < -0.39 is 34.7 Å². The number of piperazine rings is 1. The predicted molar refractivity (Wildman–Crippen MR) is 112 cm³/mol. The van der Waals surface area contributed by atoms with Crippen LogP contribution in [0.25, 0.3) is 10.9 Å². The number of carboxylic acids is 3. The molecule has 0 bridgehead atoms. The minimum absolute atomic E-state index is 0.0874. The fourth-order valence-electron chi connectivity index (χ4n) is 4.23. The molecule has 3 heterocycles. The minimum atomic E-state index is -1.41. The molecule has 3 N–H and O–H groups in total. The van der Waals surface area contributed by atoms with Gasteiger partial charge in [0.1, 0.15) is 23.6 Å². The largest absolute Gasteiger partial charge is 0.487 e. The minimum Gasteiger partial charge on any atom is -0.487 e. The molecule has 0 amide bonds. The monoisotopic (exact) mass is 461 g/mol. The lowest BCUT2D eigenvalue weighted by Crippen LogP contribution is -2.47. The Morgan fingerprint density at radius 3 is 2.39 bits per heavy atom. The standard InChI is InChI=1S/C21H20FN3O8/c1-10-9-33-19-16-11(18(28)12(20(29)30)8-25(10)16)6-13(22)17(19)24-4-2-23(3-5-24)14(21(31)32)7-15(26)27/h6-8,10H,2-5,9H2,1H3,(H,26,27)(H,29,30)(H,31,32)/b14-7+. The molecule has 2 aromatic rings. The number of aromatic nitrogens is 1. The third kappa shape index (κ3) is 3.73. The van der Waals surface area contributed by atoms with Crippen LogP contribution in [-0.2, 0) is 9.59 Å². The summed E-state index contributed by atoms with van der Waals surface area (Å²) >= 11 is 0. The number of ether oxygens (including phenoxy) is 1. The highest BCUT2D eigenvalue weighted by atomic mass is 19.1. The number of anilines is 1. The maximum absolute atomic E-state index is 15.3. The Morgan fingerprint density at radius 2 is 1.82 bits per heavy atom. The summed E-state index contributed by atoms with van der Waals surface area (Å²) < 4.78 is 22.7. The quantitative estimate of drug-likeness (QED) is 0.550. The summed E-state index contributed by atoms with van der Waals surface area (Å²) in [6, 6.07) is 0.702. The van der Waals surface area contributed by atoms with E-state index in [2.05, 4.69) is 0 Å². The number of benzene rings is 1. The van der Waals surface area contributed by atoms with Crippen molar-refractivity contribution in [1.82, 2.24) is 9.47 Å². The van der Waals surface area contributed by atoms with Gasteiger partial charge in [-0.25, -0.2) is 18.8 Å². The maximum Gasteiger partial charge on any atom is 0.352 e. The summed E-state index contributed by atoms with van der Waals surface area (Å²) in [6.07, 6.45) is 1.85. The van der Waals surface area contributed by atoms with Crippen molar-refractivity contribution in [1.29, 1.82) is 0 Å². The summed E-state index contributed by atoms with van der Waals surface area (Å²) in [5, 5.41) is 27.5. The topological polar surface area (TPSA) is 150 Å². The Labute approximate surface area is 185 Å². The molecule has 1 saturated heterocycles. The highest BCUT2D eigenvalue weighted by Crippen LogP contribution is 2.42. The van der Waals surface area contributed by atoms with Gasteiger partial charge in [-0.2, -0.15) is 0 Å². The van der Waals surface area contributed by atoms with E-state index in [4.69, 9.17) is 9.84 Å². The van der Waals surface area contributed by atoms with Gasteiger partial charge >= 0.3 is 17.9 Å². The van der Waals surface area contributed by atoms with Crippen molar-refractivity contribution >= 4 is 34.5 Å². The molecule has 2 aliphatic heterocycles. The normalized spacial score (nSPS) is 18.2. The van der Waals surface area contributed by atoms with Crippen molar-refractivity contribution in [3.63, 3.8) is 0 Å². The van der Waals surface area contributed by atoms with E-state index in [-0.39, 0.29) is 61.3 Å². The van der Waals surface area contributed by atoms with Gasteiger partial charge in [0, 0.05) is 32.4 Å². The third-order valence-corrected chi connectivity index (χ3v) is 5.79. The van der Waals surface area contributed by atoms with Crippen molar-refractivity contribution in [2.24, 2.45) is 0 Å². The van der Waals surface area contributed by atoms with Crippen LogP contribution >= 0.6 is 0 Å². The van der Waals surface area contributed by atoms with Gasteiger partial charge in [-0.1, -0.05) is 0 Å². The van der Waals surface area contributed by atoms with E-state index in [9.17, 15) is 29.4 Å². The van der Waals surface area contributed by atoms with Crippen LogP contribution in [0, 0.1) is 5.82 Å². The molecule has 0 radical (unpaired) electrons. The van der Waals surface area contributed by atoms with E-state index in [0.717, 1.165) is 6.07 Å².